The molecule has 264 valence electrons. The lowest BCUT2D eigenvalue weighted by molar-refractivity contribution is 0.967. The van der Waals surface area contributed by atoms with Gasteiger partial charge in [0, 0.05) is 55.5 Å². The van der Waals surface area contributed by atoms with Gasteiger partial charge in [-0.05, 0) is 84.6 Å². The average molecular weight is 717 g/mol. The summed E-state index contributed by atoms with van der Waals surface area (Å²) in [6, 6.07) is 64.8. The van der Waals surface area contributed by atoms with Crippen molar-refractivity contribution >= 4 is 38.8 Å². The maximum Gasteiger partial charge on any atom is 0.160 e. The molecule has 1 aliphatic rings. The summed E-state index contributed by atoms with van der Waals surface area (Å²) >= 11 is 0. The zero-order chi connectivity index (χ0) is 37.0. The Labute approximate surface area is 325 Å². The van der Waals surface area contributed by atoms with Crippen molar-refractivity contribution in [2.24, 2.45) is 0 Å². The van der Waals surface area contributed by atoms with E-state index in [1.165, 1.54) is 55.1 Å². The molecule has 0 saturated carbocycles. The molecule has 4 heteroatoms. The number of hydrogen-bond donors (Lipinski definition) is 0. The van der Waals surface area contributed by atoms with Crippen molar-refractivity contribution in [1.82, 2.24) is 19.1 Å². The van der Waals surface area contributed by atoms with Crippen LogP contribution in [-0.4, -0.2) is 19.1 Å². The first kappa shape index (κ1) is 32.2. The van der Waals surface area contributed by atoms with E-state index in [-0.39, 0.29) is 0 Å². The molecule has 0 saturated heterocycles. The van der Waals surface area contributed by atoms with Crippen molar-refractivity contribution in [1.29, 1.82) is 0 Å². The first-order valence-electron chi connectivity index (χ1n) is 19.3. The lowest BCUT2D eigenvalue weighted by atomic mass is 9.98. The van der Waals surface area contributed by atoms with Crippen molar-refractivity contribution in [3.05, 3.63) is 199 Å². The molecule has 0 spiro atoms. The molecule has 0 aliphatic heterocycles. The zero-order valence-corrected chi connectivity index (χ0v) is 30.7. The molecule has 0 bridgehead atoms. The number of hydrogen-bond acceptors (Lipinski definition) is 2. The highest BCUT2D eigenvalue weighted by Gasteiger charge is 2.22. The highest BCUT2D eigenvalue weighted by atomic mass is 15.0. The molecular formula is C52H36N4. The molecule has 11 rings (SSSR count). The number of para-hydroxylation sites is 3. The van der Waals surface area contributed by atoms with E-state index in [4.69, 9.17) is 9.97 Å². The van der Waals surface area contributed by atoms with Crippen molar-refractivity contribution in [2.45, 2.75) is 12.8 Å². The van der Waals surface area contributed by atoms with Gasteiger partial charge in [0.05, 0.1) is 27.9 Å². The Morgan fingerprint density at radius 1 is 0.429 bits per heavy atom. The molecule has 0 N–H and O–H groups in total. The Morgan fingerprint density at radius 2 is 1.05 bits per heavy atom. The summed E-state index contributed by atoms with van der Waals surface area (Å²) < 4.78 is 4.87. The molecule has 10 aromatic rings. The number of allylic oxidation sites excluding steroid dienone is 1. The summed E-state index contributed by atoms with van der Waals surface area (Å²) in [6.07, 6.45) is 6.67. The fourth-order valence-electron chi connectivity index (χ4n) is 8.63. The molecule has 0 atom stereocenters. The summed E-state index contributed by atoms with van der Waals surface area (Å²) in [5.41, 5.74) is 15.9. The number of rotatable bonds is 6. The van der Waals surface area contributed by atoms with Crippen molar-refractivity contribution in [3.8, 4) is 56.4 Å². The van der Waals surface area contributed by atoms with Gasteiger partial charge in [-0.2, -0.15) is 0 Å². The fourth-order valence-corrected chi connectivity index (χ4v) is 8.63. The van der Waals surface area contributed by atoms with E-state index in [1.807, 2.05) is 12.1 Å². The molecule has 4 nitrogen and oxygen atoms in total. The lowest BCUT2D eigenvalue weighted by Gasteiger charge is -2.14. The van der Waals surface area contributed by atoms with Gasteiger partial charge in [-0.1, -0.05) is 133 Å². The van der Waals surface area contributed by atoms with Gasteiger partial charge >= 0.3 is 0 Å². The second-order valence-electron chi connectivity index (χ2n) is 14.5. The minimum absolute atomic E-state index is 0.709. The van der Waals surface area contributed by atoms with Crippen molar-refractivity contribution in [3.63, 3.8) is 0 Å². The third kappa shape index (κ3) is 5.30. The Balaban J connectivity index is 1.07. The molecule has 3 aromatic heterocycles. The van der Waals surface area contributed by atoms with Crippen LogP contribution in [0.25, 0.3) is 95.2 Å². The number of aromatic nitrogens is 4. The minimum Gasteiger partial charge on any atom is -0.310 e. The van der Waals surface area contributed by atoms with Crippen LogP contribution in [0.4, 0.5) is 0 Å². The summed E-state index contributed by atoms with van der Waals surface area (Å²) in [5.74, 6) is 0.709. The molecule has 0 radical (unpaired) electrons. The Hall–Kier alpha value is -7.30. The highest BCUT2D eigenvalue weighted by Crippen LogP contribution is 2.41. The van der Waals surface area contributed by atoms with Crippen LogP contribution in [0.1, 0.15) is 17.7 Å². The fraction of sp³-hybridized carbons (Fsp3) is 0.0385. The van der Waals surface area contributed by atoms with Crippen LogP contribution in [0, 0.1) is 0 Å². The van der Waals surface area contributed by atoms with Crippen molar-refractivity contribution in [2.75, 3.05) is 0 Å². The van der Waals surface area contributed by atoms with Gasteiger partial charge in [0.1, 0.15) is 0 Å². The monoisotopic (exact) mass is 716 g/mol. The van der Waals surface area contributed by atoms with E-state index >= 15 is 0 Å². The van der Waals surface area contributed by atoms with Gasteiger partial charge < -0.3 is 9.13 Å². The molecule has 3 heterocycles. The van der Waals surface area contributed by atoms with E-state index in [0.29, 0.717) is 5.82 Å². The van der Waals surface area contributed by atoms with Gasteiger partial charge in [-0.15, -0.1) is 0 Å². The van der Waals surface area contributed by atoms with Crippen LogP contribution in [0.15, 0.2) is 188 Å². The van der Waals surface area contributed by atoms with E-state index in [1.54, 1.807) is 0 Å². The van der Waals surface area contributed by atoms with Crippen molar-refractivity contribution < 1.29 is 0 Å². The number of fused-ring (bicyclic) bond motifs is 6. The minimum atomic E-state index is 0.709. The molecule has 0 fully saturated rings. The smallest absolute Gasteiger partial charge is 0.160 e. The van der Waals surface area contributed by atoms with Crippen LogP contribution in [0.3, 0.4) is 0 Å². The van der Waals surface area contributed by atoms with Gasteiger partial charge in [-0.3, -0.25) is 0 Å². The number of benzene rings is 7. The van der Waals surface area contributed by atoms with Gasteiger partial charge in [0.2, 0.25) is 0 Å². The summed E-state index contributed by atoms with van der Waals surface area (Å²) in [5, 5.41) is 3.82. The van der Waals surface area contributed by atoms with Crippen LogP contribution >= 0.6 is 0 Å². The lowest BCUT2D eigenvalue weighted by Crippen LogP contribution is -2.01. The molecular weight excluding hydrogens is 681 g/mol. The molecule has 1 aliphatic carbocycles. The predicted octanol–water partition coefficient (Wildman–Crippen LogP) is 13.1. The van der Waals surface area contributed by atoms with Gasteiger partial charge in [-0.25, -0.2) is 9.97 Å². The predicted molar refractivity (Wildman–Crippen MR) is 232 cm³/mol. The first-order chi connectivity index (χ1) is 27.8. The third-order valence-electron chi connectivity index (χ3n) is 11.2. The maximum absolute atomic E-state index is 5.10. The number of nitrogens with zero attached hydrogens (tertiary/aromatic N) is 4. The summed E-state index contributed by atoms with van der Waals surface area (Å²) in [4.78, 5) is 10.2. The summed E-state index contributed by atoms with van der Waals surface area (Å²) in [6.45, 7) is 0. The van der Waals surface area contributed by atoms with E-state index < -0.39 is 0 Å². The topological polar surface area (TPSA) is 35.6 Å². The van der Waals surface area contributed by atoms with Crippen LogP contribution in [0.5, 0.6) is 0 Å². The molecule has 0 unspecified atom stereocenters. The number of aryl methyl sites for hydroxylation is 1. The highest BCUT2D eigenvalue weighted by molar-refractivity contribution is 6.14. The second-order valence-corrected chi connectivity index (χ2v) is 14.5. The third-order valence-corrected chi connectivity index (χ3v) is 11.2. The van der Waals surface area contributed by atoms with Gasteiger partial charge in [0.15, 0.2) is 5.82 Å². The normalized spacial score (nSPS) is 12.4. The van der Waals surface area contributed by atoms with E-state index in [9.17, 15) is 0 Å². The Kier molecular flexibility index (Phi) is 7.59. The van der Waals surface area contributed by atoms with E-state index in [0.717, 1.165) is 52.3 Å². The molecule has 7 aromatic carbocycles. The SMILES string of the molecule is C1=Cc2c(c3ccc(-c4cccc5c6ccccc6n(-c6ccccc6)c45)cc3n2-c2ccc(-c3nc(-c4ccccc4)cc(-c4ccccc4)n3)cc2)CC1. The quantitative estimate of drug-likeness (QED) is 0.172. The van der Waals surface area contributed by atoms with Crippen LogP contribution in [-0.2, 0) is 6.42 Å². The Bertz CT molecular complexity index is 3040. The maximum atomic E-state index is 5.10. The van der Waals surface area contributed by atoms with E-state index in [2.05, 4.69) is 191 Å². The Morgan fingerprint density at radius 3 is 1.79 bits per heavy atom. The first-order valence-corrected chi connectivity index (χ1v) is 19.3. The zero-order valence-electron chi connectivity index (χ0n) is 30.7. The van der Waals surface area contributed by atoms with Gasteiger partial charge in [0.25, 0.3) is 0 Å². The molecule has 0 amide bonds. The largest absolute Gasteiger partial charge is 0.310 e. The second kappa shape index (κ2) is 13.2. The van der Waals surface area contributed by atoms with Crippen LogP contribution < -0.4 is 0 Å². The average Bonchev–Trinajstić information content (AvgIpc) is 3.80. The van der Waals surface area contributed by atoms with Crippen LogP contribution in [0.2, 0.25) is 0 Å². The summed E-state index contributed by atoms with van der Waals surface area (Å²) in [7, 11) is 0. The standard InChI is InChI=1S/C52H36N4/c1-4-15-35(16-5-1)46-34-47(36-17-6-2-7-18-36)54-52(53-46)37-27-30-40(31-28-37)55-48-25-12-10-21-42(48)44-32-29-38(33-50(44)55)41-23-14-24-45-43-22-11-13-26-49(43)56(51(41)45)39-19-8-3-9-20-39/h1-9,11-20,22-34H,10,21H2. The molecule has 56 heavy (non-hydrogen) atoms.